The minimum Gasteiger partial charge on any atom is -0.406 e. The molecule has 0 saturated carbocycles. The second-order valence-electron chi connectivity index (χ2n) is 5.66. The highest BCUT2D eigenvalue weighted by Crippen LogP contribution is 2.24. The number of alkyl halides is 3. The number of ether oxygens (including phenoxy) is 1. The Hall–Kier alpha value is -1.97. The van der Waals surface area contributed by atoms with Crippen LogP contribution in [0, 0.1) is 0 Å². The van der Waals surface area contributed by atoms with Gasteiger partial charge in [-0.3, -0.25) is 4.79 Å². The van der Waals surface area contributed by atoms with Crippen molar-refractivity contribution >= 4 is 21.4 Å². The first-order valence-electron chi connectivity index (χ1n) is 7.69. The molecule has 1 atom stereocenters. The predicted octanol–water partition coefficient (Wildman–Crippen LogP) is 2.03. The SMILES string of the molecule is CCN(C(=O)CNc1ccc(OC(F)(F)F)cc1)C1CCS(=O)(=O)C1. The van der Waals surface area contributed by atoms with E-state index in [1.54, 1.807) is 6.92 Å². The van der Waals surface area contributed by atoms with Gasteiger partial charge in [0.2, 0.25) is 5.91 Å². The van der Waals surface area contributed by atoms with Crippen molar-refractivity contribution in [3.05, 3.63) is 24.3 Å². The molecule has 1 fully saturated rings. The van der Waals surface area contributed by atoms with Crippen LogP contribution in [0.4, 0.5) is 18.9 Å². The molecule has 1 aliphatic rings. The molecule has 1 saturated heterocycles. The third-order valence-electron chi connectivity index (χ3n) is 3.84. The largest absolute Gasteiger partial charge is 0.573 e. The quantitative estimate of drug-likeness (QED) is 0.817. The molecule has 25 heavy (non-hydrogen) atoms. The van der Waals surface area contributed by atoms with E-state index in [0.29, 0.717) is 18.7 Å². The number of rotatable bonds is 6. The predicted molar refractivity (Wildman–Crippen MR) is 86.1 cm³/mol. The summed E-state index contributed by atoms with van der Waals surface area (Å²) in [6.07, 6.45) is -4.33. The smallest absolute Gasteiger partial charge is 0.406 e. The summed E-state index contributed by atoms with van der Waals surface area (Å²) in [5.74, 6) is -0.568. The van der Waals surface area contributed by atoms with Gasteiger partial charge < -0.3 is 15.0 Å². The Labute approximate surface area is 143 Å². The average molecular weight is 380 g/mol. The number of halogens is 3. The third-order valence-corrected chi connectivity index (χ3v) is 5.59. The van der Waals surface area contributed by atoms with Crippen LogP contribution in [0.25, 0.3) is 0 Å². The lowest BCUT2D eigenvalue weighted by Gasteiger charge is -2.27. The highest BCUT2D eigenvalue weighted by atomic mass is 32.2. The number of carbonyl (C=O) groups is 1. The fourth-order valence-corrected chi connectivity index (χ4v) is 4.44. The lowest BCUT2D eigenvalue weighted by atomic mass is 10.2. The van der Waals surface area contributed by atoms with Crippen molar-refractivity contribution in [2.75, 3.05) is 29.9 Å². The second-order valence-corrected chi connectivity index (χ2v) is 7.89. The van der Waals surface area contributed by atoms with Gasteiger partial charge in [-0.15, -0.1) is 13.2 Å². The molecule has 0 radical (unpaired) electrons. The molecule has 0 spiro atoms. The molecule has 140 valence electrons. The number of nitrogens with one attached hydrogen (secondary N) is 1. The standard InChI is InChI=1S/C15H19F3N2O4S/c1-2-20(12-7-8-25(22,23)10-12)14(21)9-19-11-3-5-13(6-4-11)24-15(16,17)18/h3-6,12,19H,2,7-10H2,1H3. The Morgan fingerprint density at radius 2 is 1.96 bits per heavy atom. The van der Waals surface area contributed by atoms with E-state index in [9.17, 15) is 26.4 Å². The van der Waals surface area contributed by atoms with Crippen molar-refractivity contribution in [3.63, 3.8) is 0 Å². The fraction of sp³-hybridized carbons (Fsp3) is 0.533. The summed E-state index contributed by atoms with van der Waals surface area (Å²) in [5, 5.41) is 2.82. The number of sulfone groups is 1. The summed E-state index contributed by atoms with van der Waals surface area (Å²) in [7, 11) is -3.09. The summed E-state index contributed by atoms with van der Waals surface area (Å²) < 4.78 is 63.1. The number of benzene rings is 1. The van der Waals surface area contributed by atoms with Gasteiger partial charge in [-0.05, 0) is 37.6 Å². The second kappa shape index (κ2) is 7.51. The Morgan fingerprint density at radius 3 is 2.44 bits per heavy atom. The van der Waals surface area contributed by atoms with Crippen LogP contribution in [0.5, 0.6) is 5.75 Å². The van der Waals surface area contributed by atoms with Crippen LogP contribution in [0.15, 0.2) is 24.3 Å². The first kappa shape index (κ1) is 19.4. The van der Waals surface area contributed by atoms with Crippen LogP contribution >= 0.6 is 0 Å². The lowest BCUT2D eigenvalue weighted by molar-refractivity contribution is -0.274. The number of hydrogen-bond acceptors (Lipinski definition) is 5. The highest BCUT2D eigenvalue weighted by Gasteiger charge is 2.33. The van der Waals surface area contributed by atoms with Crippen LogP contribution in [-0.4, -0.2) is 56.2 Å². The summed E-state index contributed by atoms with van der Waals surface area (Å²) in [5.41, 5.74) is 0.456. The molecule has 1 aromatic rings. The van der Waals surface area contributed by atoms with Gasteiger partial charge in [-0.2, -0.15) is 0 Å². The number of amides is 1. The van der Waals surface area contributed by atoms with Crippen molar-refractivity contribution in [3.8, 4) is 5.75 Å². The molecule has 0 aromatic heterocycles. The molecular formula is C15H19F3N2O4S. The van der Waals surface area contributed by atoms with Gasteiger partial charge in [-0.25, -0.2) is 8.42 Å². The van der Waals surface area contributed by atoms with Gasteiger partial charge in [0.25, 0.3) is 0 Å². The van der Waals surface area contributed by atoms with Gasteiger partial charge in [0.05, 0.1) is 18.1 Å². The van der Waals surface area contributed by atoms with E-state index >= 15 is 0 Å². The minimum absolute atomic E-state index is 0.0317. The fourth-order valence-electron chi connectivity index (χ4n) is 2.71. The molecule has 0 aliphatic carbocycles. The molecule has 1 heterocycles. The van der Waals surface area contributed by atoms with Crippen molar-refractivity contribution in [2.45, 2.75) is 25.7 Å². The normalized spacial score (nSPS) is 19.4. The van der Waals surface area contributed by atoms with Crippen molar-refractivity contribution in [1.82, 2.24) is 4.90 Å². The molecule has 2 rings (SSSR count). The zero-order valence-electron chi connectivity index (χ0n) is 13.5. The summed E-state index contributed by atoms with van der Waals surface area (Å²) in [6.45, 7) is 2.08. The van der Waals surface area contributed by atoms with E-state index in [4.69, 9.17) is 0 Å². The van der Waals surface area contributed by atoms with Crippen LogP contribution in [0.2, 0.25) is 0 Å². The van der Waals surface area contributed by atoms with Gasteiger partial charge in [0.1, 0.15) is 5.75 Å². The topological polar surface area (TPSA) is 75.7 Å². The zero-order chi connectivity index (χ0) is 18.7. The Kier molecular flexibility index (Phi) is 5.81. The molecule has 6 nitrogen and oxygen atoms in total. The molecule has 0 bridgehead atoms. The number of hydrogen-bond donors (Lipinski definition) is 1. The average Bonchev–Trinajstić information content (AvgIpc) is 2.85. The van der Waals surface area contributed by atoms with Crippen LogP contribution in [0.1, 0.15) is 13.3 Å². The number of anilines is 1. The van der Waals surface area contributed by atoms with Crippen molar-refractivity contribution < 1.29 is 31.1 Å². The van der Waals surface area contributed by atoms with E-state index < -0.39 is 16.2 Å². The monoisotopic (exact) mass is 380 g/mol. The van der Waals surface area contributed by atoms with Crippen LogP contribution in [0.3, 0.4) is 0 Å². The minimum atomic E-state index is -4.76. The molecule has 1 amide bonds. The molecule has 1 aromatic carbocycles. The van der Waals surface area contributed by atoms with E-state index in [1.165, 1.54) is 17.0 Å². The summed E-state index contributed by atoms with van der Waals surface area (Å²) >= 11 is 0. The first-order chi connectivity index (χ1) is 11.6. The molecule has 10 heteroatoms. The van der Waals surface area contributed by atoms with Gasteiger partial charge >= 0.3 is 6.36 Å². The Bertz CT molecular complexity index is 704. The number of carbonyl (C=O) groups excluding carboxylic acids is 1. The van der Waals surface area contributed by atoms with Gasteiger partial charge in [0.15, 0.2) is 9.84 Å². The maximum absolute atomic E-state index is 12.3. The third kappa shape index (κ3) is 5.80. The Morgan fingerprint density at radius 1 is 1.32 bits per heavy atom. The van der Waals surface area contributed by atoms with Crippen molar-refractivity contribution in [2.24, 2.45) is 0 Å². The maximum atomic E-state index is 12.3. The van der Waals surface area contributed by atoms with E-state index in [2.05, 4.69) is 10.1 Å². The van der Waals surface area contributed by atoms with Crippen LogP contribution in [-0.2, 0) is 14.6 Å². The maximum Gasteiger partial charge on any atom is 0.573 e. The number of likely N-dealkylation sites (N-methyl/N-ethyl adjacent to an activating group) is 1. The molecular weight excluding hydrogens is 361 g/mol. The van der Waals surface area contributed by atoms with Gasteiger partial charge in [-0.1, -0.05) is 0 Å². The first-order valence-corrected chi connectivity index (χ1v) is 9.51. The molecule has 1 N–H and O–H groups in total. The van der Waals surface area contributed by atoms with E-state index in [1.807, 2.05) is 0 Å². The summed E-state index contributed by atoms with van der Waals surface area (Å²) in [4.78, 5) is 13.8. The van der Waals surface area contributed by atoms with E-state index in [0.717, 1.165) is 12.1 Å². The summed E-state index contributed by atoms with van der Waals surface area (Å²) in [6, 6.07) is 4.69. The van der Waals surface area contributed by atoms with Crippen molar-refractivity contribution in [1.29, 1.82) is 0 Å². The molecule has 1 aliphatic heterocycles. The zero-order valence-corrected chi connectivity index (χ0v) is 14.4. The Balaban J connectivity index is 1.90. The van der Waals surface area contributed by atoms with E-state index in [-0.39, 0.29) is 35.7 Å². The molecule has 1 unspecified atom stereocenters. The number of nitrogens with zero attached hydrogens (tertiary/aromatic N) is 1. The van der Waals surface area contributed by atoms with Crippen LogP contribution < -0.4 is 10.1 Å². The highest BCUT2D eigenvalue weighted by molar-refractivity contribution is 7.91. The van der Waals surface area contributed by atoms with Gasteiger partial charge in [0, 0.05) is 18.3 Å². The lowest BCUT2D eigenvalue weighted by Crippen LogP contribution is -2.43.